The molecule has 2 heterocycles. The number of aromatic nitrogens is 2. The van der Waals surface area contributed by atoms with Crippen molar-refractivity contribution in [1.82, 2.24) is 19.8 Å². The fourth-order valence-corrected chi connectivity index (χ4v) is 3.37. The second-order valence-corrected chi connectivity index (χ2v) is 7.36. The maximum absolute atomic E-state index is 12.8. The average Bonchev–Trinajstić information content (AvgIpc) is 2.75. The van der Waals surface area contributed by atoms with Crippen LogP contribution in [0.15, 0.2) is 42.7 Å². The van der Waals surface area contributed by atoms with E-state index in [0.717, 1.165) is 43.4 Å². The molecule has 2 aromatic rings. The number of hydrogen-bond donors (Lipinski definition) is 1. The zero-order valence-corrected chi connectivity index (χ0v) is 17.2. The molecule has 1 saturated heterocycles. The summed E-state index contributed by atoms with van der Waals surface area (Å²) in [4.78, 5) is 39.4. The Morgan fingerprint density at radius 2 is 1.72 bits per heavy atom. The van der Waals surface area contributed by atoms with Gasteiger partial charge in [-0.15, -0.1) is 0 Å². The van der Waals surface area contributed by atoms with Gasteiger partial charge in [-0.3, -0.25) is 14.5 Å². The summed E-state index contributed by atoms with van der Waals surface area (Å²) >= 11 is 0. The van der Waals surface area contributed by atoms with Gasteiger partial charge >= 0.3 is 0 Å². The van der Waals surface area contributed by atoms with E-state index in [4.69, 9.17) is 0 Å². The quantitative estimate of drug-likeness (QED) is 0.795. The topological polar surface area (TPSA) is 81.7 Å². The largest absolute Gasteiger partial charge is 0.338 e. The minimum atomic E-state index is -0.286. The molecule has 8 heteroatoms. The minimum Gasteiger partial charge on any atom is -0.338 e. The highest BCUT2D eigenvalue weighted by Crippen LogP contribution is 2.13. The number of nitrogens with zero attached hydrogens (tertiary/aromatic N) is 5. The van der Waals surface area contributed by atoms with Gasteiger partial charge in [-0.2, -0.15) is 0 Å². The Balaban J connectivity index is 1.48. The minimum absolute atomic E-state index is 0.0227. The van der Waals surface area contributed by atoms with Crippen LogP contribution in [0, 0.1) is 6.92 Å². The molecular formula is C21H28N6O2. The summed E-state index contributed by atoms with van der Waals surface area (Å²) < 4.78 is 0. The molecule has 0 aliphatic carbocycles. The lowest BCUT2D eigenvalue weighted by Gasteiger charge is -2.38. The summed E-state index contributed by atoms with van der Waals surface area (Å²) in [7, 11) is 1.67. The first-order valence-electron chi connectivity index (χ1n) is 9.81. The van der Waals surface area contributed by atoms with Gasteiger partial charge in [-0.25, -0.2) is 9.97 Å². The fourth-order valence-electron chi connectivity index (χ4n) is 3.37. The number of piperazine rings is 1. The Hall–Kier alpha value is -3.00. The molecule has 1 aliphatic heterocycles. The molecule has 3 rings (SSSR count). The zero-order valence-electron chi connectivity index (χ0n) is 17.2. The number of anilines is 2. The number of likely N-dealkylation sites (N-methyl/N-ethyl adjacent to an activating group) is 1. The lowest BCUT2D eigenvalue weighted by molar-refractivity contribution is -0.137. The van der Waals surface area contributed by atoms with Crippen molar-refractivity contribution >= 4 is 23.5 Å². The van der Waals surface area contributed by atoms with Gasteiger partial charge in [0.25, 0.3) is 0 Å². The predicted molar refractivity (Wildman–Crippen MR) is 113 cm³/mol. The molecule has 0 bridgehead atoms. The molecule has 0 spiro atoms. The van der Waals surface area contributed by atoms with Gasteiger partial charge in [0, 0.05) is 51.3 Å². The van der Waals surface area contributed by atoms with Crippen molar-refractivity contribution in [2.75, 3.05) is 50.0 Å². The van der Waals surface area contributed by atoms with E-state index in [2.05, 4.69) is 25.1 Å². The molecule has 0 saturated carbocycles. The monoisotopic (exact) mass is 396 g/mol. The van der Waals surface area contributed by atoms with Crippen LogP contribution in [0.1, 0.15) is 12.5 Å². The Labute approximate surface area is 171 Å². The van der Waals surface area contributed by atoms with Crippen molar-refractivity contribution in [2.24, 2.45) is 0 Å². The summed E-state index contributed by atoms with van der Waals surface area (Å²) in [5, 5.41) is 2.83. The number of rotatable bonds is 6. The molecule has 1 N–H and O–H groups in total. The van der Waals surface area contributed by atoms with E-state index >= 15 is 0 Å². The van der Waals surface area contributed by atoms with Crippen LogP contribution in [-0.2, 0) is 9.59 Å². The number of carbonyl (C=O) groups excluding carboxylic acids is 2. The second-order valence-electron chi connectivity index (χ2n) is 7.36. The number of nitrogens with one attached hydrogen (secondary N) is 1. The third-order valence-corrected chi connectivity index (χ3v) is 5.15. The van der Waals surface area contributed by atoms with Gasteiger partial charge < -0.3 is 15.1 Å². The Bertz CT molecular complexity index is 819. The normalized spacial score (nSPS) is 15.6. The predicted octanol–water partition coefficient (Wildman–Crippen LogP) is 1.39. The van der Waals surface area contributed by atoms with E-state index in [1.165, 1.54) is 4.90 Å². The lowest BCUT2D eigenvalue weighted by Crippen LogP contribution is -2.55. The van der Waals surface area contributed by atoms with Gasteiger partial charge in [-0.05, 0) is 32.0 Å². The third-order valence-electron chi connectivity index (χ3n) is 5.15. The average molecular weight is 396 g/mol. The molecule has 1 aromatic carbocycles. The molecule has 8 nitrogen and oxygen atoms in total. The summed E-state index contributed by atoms with van der Waals surface area (Å²) in [6.07, 6.45) is 3.47. The first-order valence-corrected chi connectivity index (χ1v) is 9.81. The van der Waals surface area contributed by atoms with E-state index in [0.29, 0.717) is 0 Å². The zero-order chi connectivity index (χ0) is 20.8. The molecule has 154 valence electrons. The third kappa shape index (κ3) is 5.51. The van der Waals surface area contributed by atoms with Crippen LogP contribution in [0.5, 0.6) is 0 Å². The Morgan fingerprint density at radius 3 is 2.34 bits per heavy atom. The maximum atomic E-state index is 12.8. The van der Waals surface area contributed by atoms with Crippen LogP contribution < -0.4 is 10.2 Å². The Morgan fingerprint density at radius 1 is 1.10 bits per heavy atom. The molecule has 1 atom stereocenters. The molecule has 1 aliphatic rings. The van der Waals surface area contributed by atoms with E-state index < -0.39 is 0 Å². The molecule has 29 heavy (non-hydrogen) atoms. The van der Waals surface area contributed by atoms with E-state index in [1.807, 2.05) is 38.1 Å². The highest BCUT2D eigenvalue weighted by Gasteiger charge is 2.28. The van der Waals surface area contributed by atoms with Gasteiger partial charge in [0.1, 0.15) is 0 Å². The van der Waals surface area contributed by atoms with Crippen molar-refractivity contribution in [3.05, 3.63) is 48.3 Å². The Kier molecular flexibility index (Phi) is 6.77. The number of benzene rings is 1. The standard InChI is InChI=1S/C21H28N6O2/c1-16-5-7-18(8-6-16)24-19(28)15-25(3)20(29)17(2)26-11-13-27(14-12-26)21-22-9-4-10-23-21/h4-10,17H,11-15H2,1-3H3,(H,24,28)/t17-/m1/s1. The van der Waals surface area contributed by atoms with E-state index in [-0.39, 0.29) is 24.4 Å². The molecular weight excluding hydrogens is 368 g/mol. The smallest absolute Gasteiger partial charge is 0.243 e. The van der Waals surface area contributed by atoms with Gasteiger partial charge in [0.2, 0.25) is 17.8 Å². The molecule has 1 fully saturated rings. The van der Waals surface area contributed by atoms with Crippen LogP contribution in [0.3, 0.4) is 0 Å². The number of aryl methyl sites for hydroxylation is 1. The van der Waals surface area contributed by atoms with Gasteiger partial charge in [-0.1, -0.05) is 17.7 Å². The van der Waals surface area contributed by atoms with Crippen LogP contribution in [0.25, 0.3) is 0 Å². The first-order chi connectivity index (χ1) is 13.9. The van der Waals surface area contributed by atoms with Crippen LogP contribution in [-0.4, -0.2) is 77.4 Å². The summed E-state index contributed by atoms with van der Waals surface area (Å²) in [5.74, 6) is 0.451. The number of amides is 2. The molecule has 0 radical (unpaired) electrons. The summed E-state index contributed by atoms with van der Waals surface area (Å²) in [6, 6.07) is 9.09. The fraction of sp³-hybridized carbons (Fsp3) is 0.429. The van der Waals surface area contributed by atoms with Crippen molar-refractivity contribution in [3.8, 4) is 0 Å². The van der Waals surface area contributed by atoms with Gasteiger partial charge in [0.05, 0.1) is 12.6 Å². The van der Waals surface area contributed by atoms with E-state index in [1.54, 1.807) is 25.5 Å². The second kappa shape index (κ2) is 9.47. The summed E-state index contributed by atoms with van der Waals surface area (Å²) in [5.41, 5.74) is 1.86. The van der Waals surface area contributed by atoms with Crippen molar-refractivity contribution in [1.29, 1.82) is 0 Å². The molecule has 1 aromatic heterocycles. The van der Waals surface area contributed by atoms with Crippen LogP contribution in [0.2, 0.25) is 0 Å². The van der Waals surface area contributed by atoms with Crippen LogP contribution in [0.4, 0.5) is 11.6 Å². The number of carbonyl (C=O) groups is 2. The maximum Gasteiger partial charge on any atom is 0.243 e. The number of hydrogen-bond acceptors (Lipinski definition) is 6. The summed E-state index contributed by atoms with van der Waals surface area (Å²) in [6.45, 7) is 6.92. The van der Waals surface area contributed by atoms with Crippen molar-refractivity contribution in [2.45, 2.75) is 19.9 Å². The lowest BCUT2D eigenvalue weighted by atomic mass is 10.2. The van der Waals surface area contributed by atoms with Crippen molar-refractivity contribution < 1.29 is 9.59 Å². The van der Waals surface area contributed by atoms with Gasteiger partial charge in [0.15, 0.2) is 0 Å². The van der Waals surface area contributed by atoms with Crippen molar-refractivity contribution in [3.63, 3.8) is 0 Å². The highest BCUT2D eigenvalue weighted by atomic mass is 16.2. The highest BCUT2D eigenvalue weighted by molar-refractivity contribution is 5.95. The van der Waals surface area contributed by atoms with E-state index in [9.17, 15) is 9.59 Å². The molecule has 0 unspecified atom stereocenters. The molecule has 2 amide bonds. The SMILES string of the molecule is Cc1ccc(NC(=O)CN(C)C(=O)[C@@H](C)N2CCN(c3ncccn3)CC2)cc1. The van der Waals surface area contributed by atoms with Crippen LogP contribution >= 0.6 is 0 Å². The first kappa shape index (κ1) is 20.7.